The average Bonchev–Trinajstić information content (AvgIpc) is 2.78. The topological polar surface area (TPSA) is 93.7 Å². The molecular formula is C24H29F3N2O5S. The molecule has 1 amide bonds. The van der Waals surface area contributed by atoms with Crippen molar-refractivity contribution < 1.29 is 37.0 Å². The van der Waals surface area contributed by atoms with Crippen LogP contribution in [0.2, 0.25) is 0 Å². The predicted octanol–water partition coefficient (Wildman–Crippen LogP) is 3.91. The van der Waals surface area contributed by atoms with Gasteiger partial charge < -0.3 is 20.1 Å². The third-order valence-electron chi connectivity index (χ3n) is 5.15. The number of alkyl halides is 3. The smallest absolute Gasteiger partial charge is 0.416 e. The summed E-state index contributed by atoms with van der Waals surface area (Å²) in [5.74, 6) is -1.83. The van der Waals surface area contributed by atoms with E-state index in [2.05, 4.69) is 10.6 Å². The van der Waals surface area contributed by atoms with Crippen LogP contribution in [0.4, 0.5) is 13.2 Å². The summed E-state index contributed by atoms with van der Waals surface area (Å²) in [6, 6.07) is 4.40. The molecule has 0 fully saturated rings. The number of halogens is 3. The number of rotatable bonds is 11. The predicted molar refractivity (Wildman–Crippen MR) is 126 cm³/mol. The summed E-state index contributed by atoms with van der Waals surface area (Å²) < 4.78 is 50.9. The van der Waals surface area contributed by atoms with Crippen LogP contribution in [-0.2, 0) is 30.0 Å². The SMILES string of the molecule is CCOC(=O)C1=C(C)NC(CSCC(C)NC=O)=C(C(=O)OCC)C1c1cccc(C(F)(F)F)c1. The lowest BCUT2D eigenvalue weighted by atomic mass is 9.80. The summed E-state index contributed by atoms with van der Waals surface area (Å²) in [6.07, 6.45) is -4.02. The molecule has 0 bridgehead atoms. The van der Waals surface area contributed by atoms with E-state index in [-0.39, 0.29) is 41.7 Å². The molecule has 0 radical (unpaired) electrons. The second kappa shape index (κ2) is 12.7. The molecule has 2 atom stereocenters. The van der Waals surface area contributed by atoms with E-state index in [0.717, 1.165) is 12.1 Å². The molecule has 0 saturated heterocycles. The molecule has 1 aromatic carbocycles. The highest BCUT2D eigenvalue weighted by molar-refractivity contribution is 7.99. The molecule has 1 aromatic rings. The molecular weight excluding hydrogens is 485 g/mol. The number of amides is 1. The molecule has 11 heteroatoms. The Kier molecular flexibility index (Phi) is 10.2. The normalized spacial score (nSPS) is 16.9. The minimum atomic E-state index is -4.61. The number of carbonyl (C=O) groups excluding carboxylic acids is 3. The van der Waals surface area contributed by atoms with Crippen LogP contribution < -0.4 is 10.6 Å². The Morgan fingerprint density at radius 1 is 1.17 bits per heavy atom. The highest BCUT2D eigenvalue weighted by atomic mass is 32.2. The van der Waals surface area contributed by atoms with Gasteiger partial charge in [-0.1, -0.05) is 18.2 Å². The minimum absolute atomic E-state index is 0.0375. The number of ether oxygens (including phenoxy) is 2. The molecule has 2 unspecified atom stereocenters. The van der Waals surface area contributed by atoms with Gasteiger partial charge in [0.2, 0.25) is 6.41 Å². The number of dihydropyridines is 1. The standard InChI is InChI=1S/C24H29F3N2O5S/c1-5-33-22(31)19-15(4)29-18(12-35-11-14(3)28-13-30)21(23(32)34-6-2)20(19)16-8-7-9-17(10-16)24(25,26)27/h7-10,13-14,20,29H,5-6,11-12H2,1-4H3,(H,28,30). The Labute approximate surface area is 206 Å². The Bertz CT molecular complexity index is 1010. The van der Waals surface area contributed by atoms with E-state index >= 15 is 0 Å². The van der Waals surface area contributed by atoms with E-state index in [1.165, 1.54) is 23.9 Å². The van der Waals surface area contributed by atoms with Gasteiger partial charge >= 0.3 is 18.1 Å². The quantitative estimate of drug-likeness (QED) is 0.342. The number of carbonyl (C=O) groups is 3. The van der Waals surface area contributed by atoms with Gasteiger partial charge in [0.25, 0.3) is 0 Å². The fourth-order valence-electron chi connectivity index (χ4n) is 3.67. The van der Waals surface area contributed by atoms with Gasteiger partial charge in [-0.15, -0.1) is 0 Å². The zero-order valence-corrected chi connectivity index (χ0v) is 20.8. The van der Waals surface area contributed by atoms with Crippen LogP contribution in [0, 0.1) is 0 Å². The van der Waals surface area contributed by atoms with Gasteiger partial charge in [0, 0.05) is 28.9 Å². The molecule has 0 spiro atoms. The van der Waals surface area contributed by atoms with Gasteiger partial charge in [-0.2, -0.15) is 24.9 Å². The molecule has 35 heavy (non-hydrogen) atoms. The summed E-state index contributed by atoms with van der Waals surface area (Å²) in [4.78, 5) is 36.7. The molecule has 7 nitrogen and oxygen atoms in total. The maximum absolute atomic E-state index is 13.5. The van der Waals surface area contributed by atoms with Gasteiger partial charge in [-0.25, -0.2) is 9.59 Å². The number of hydrogen-bond donors (Lipinski definition) is 2. The lowest BCUT2D eigenvalue weighted by molar-refractivity contribution is -0.139. The summed E-state index contributed by atoms with van der Waals surface area (Å²) in [7, 11) is 0. The lowest BCUT2D eigenvalue weighted by Crippen LogP contribution is -2.34. The Balaban J connectivity index is 2.65. The molecule has 2 N–H and O–H groups in total. The highest BCUT2D eigenvalue weighted by Gasteiger charge is 2.40. The first-order valence-corrected chi connectivity index (χ1v) is 12.2. The number of thioether (sulfide) groups is 1. The molecule has 0 aromatic heterocycles. The van der Waals surface area contributed by atoms with Crippen LogP contribution in [0.15, 0.2) is 46.8 Å². The van der Waals surface area contributed by atoms with Gasteiger partial charge in [0.05, 0.1) is 35.8 Å². The summed E-state index contributed by atoms with van der Waals surface area (Å²) >= 11 is 1.41. The summed E-state index contributed by atoms with van der Waals surface area (Å²) in [6.45, 7) is 6.73. The second-order valence-corrected chi connectivity index (χ2v) is 8.78. The van der Waals surface area contributed by atoms with E-state index in [9.17, 15) is 27.6 Å². The molecule has 1 aliphatic rings. The van der Waals surface area contributed by atoms with Crippen LogP contribution in [0.3, 0.4) is 0 Å². The third kappa shape index (κ3) is 7.27. The first-order chi connectivity index (χ1) is 16.5. The van der Waals surface area contributed by atoms with Crippen molar-refractivity contribution in [3.05, 3.63) is 57.9 Å². The zero-order valence-electron chi connectivity index (χ0n) is 20.0. The zero-order chi connectivity index (χ0) is 26.2. The number of benzene rings is 1. The van der Waals surface area contributed by atoms with Crippen molar-refractivity contribution in [3.8, 4) is 0 Å². The van der Waals surface area contributed by atoms with Gasteiger partial charge in [-0.3, -0.25) is 4.79 Å². The first kappa shape index (κ1) is 28.3. The number of allylic oxidation sites excluding steroid dienone is 1. The van der Waals surface area contributed by atoms with Crippen LogP contribution in [0.5, 0.6) is 0 Å². The Morgan fingerprint density at radius 2 is 1.80 bits per heavy atom. The van der Waals surface area contributed by atoms with Gasteiger partial charge in [0.15, 0.2) is 0 Å². The Morgan fingerprint density at radius 3 is 2.37 bits per heavy atom. The van der Waals surface area contributed by atoms with Crippen LogP contribution in [0.25, 0.3) is 0 Å². The van der Waals surface area contributed by atoms with Crippen LogP contribution in [0.1, 0.15) is 44.7 Å². The van der Waals surface area contributed by atoms with E-state index in [1.807, 2.05) is 6.92 Å². The molecule has 1 aliphatic heterocycles. The monoisotopic (exact) mass is 514 g/mol. The number of hydrogen-bond acceptors (Lipinski definition) is 7. The second-order valence-electron chi connectivity index (χ2n) is 7.75. The molecule has 2 rings (SSSR count). The summed E-state index contributed by atoms with van der Waals surface area (Å²) in [5.41, 5.74) is 0.0862. The maximum atomic E-state index is 13.5. The van der Waals surface area contributed by atoms with E-state index in [0.29, 0.717) is 23.6 Å². The molecule has 192 valence electrons. The summed E-state index contributed by atoms with van der Waals surface area (Å²) in [5, 5.41) is 5.70. The van der Waals surface area contributed by atoms with Crippen molar-refractivity contribution in [3.63, 3.8) is 0 Å². The largest absolute Gasteiger partial charge is 0.463 e. The van der Waals surface area contributed by atoms with Crippen molar-refractivity contribution in [1.82, 2.24) is 10.6 Å². The highest BCUT2D eigenvalue weighted by Crippen LogP contribution is 2.41. The fraction of sp³-hybridized carbons (Fsp3) is 0.458. The van der Waals surface area contributed by atoms with Crippen LogP contribution >= 0.6 is 11.8 Å². The Hall–Kier alpha value is -2.95. The third-order valence-corrected chi connectivity index (χ3v) is 6.38. The van der Waals surface area contributed by atoms with Crippen molar-refractivity contribution in [2.24, 2.45) is 0 Å². The molecule has 1 heterocycles. The van der Waals surface area contributed by atoms with Crippen molar-refractivity contribution in [1.29, 1.82) is 0 Å². The van der Waals surface area contributed by atoms with Crippen molar-refractivity contribution >= 4 is 30.1 Å². The van der Waals surface area contributed by atoms with E-state index in [4.69, 9.17) is 9.47 Å². The number of nitrogens with one attached hydrogen (secondary N) is 2. The number of esters is 2. The van der Waals surface area contributed by atoms with Crippen molar-refractivity contribution in [2.45, 2.75) is 45.8 Å². The fourth-order valence-corrected chi connectivity index (χ4v) is 4.67. The first-order valence-electron chi connectivity index (χ1n) is 11.0. The molecule has 0 saturated carbocycles. The molecule has 0 aliphatic carbocycles. The van der Waals surface area contributed by atoms with E-state index in [1.54, 1.807) is 20.8 Å². The van der Waals surface area contributed by atoms with Gasteiger partial charge in [0.1, 0.15) is 0 Å². The van der Waals surface area contributed by atoms with Crippen molar-refractivity contribution in [2.75, 3.05) is 24.7 Å². The minimum Gasteiger partial charge on any atom is -0.463 e. The van der Waals surface area contributed by atoms with E-state index < -0.39 is 29.6 Å². The van der Waals surface area contributed by atoms with Crippen LogP contribution in [-0.4, -0.2) is 49.1 Å². The maximum Gasteiger partial charge on any atom is 0.416 e. The lowest BCUT2D eigenvalue weighted by Gasteiger charge is -2.32. The average molecular weight is 515 g/mol. The van der Waals surface area contributed by atoms with Gasteiger partial charge in [-0.05, 0) is 39.3 Å².